The average Bonchev–Trinajstić information content (AvgIpc) is 3.04. The molecule has 6 aromatic carbocycles. The fourth-order valence-electron chi connectivity index (χ4n) is 5.69. The standard InChI is InChI=1S/C39H37N5/c1-43-25-31-14-13-30(33-17-32(19-37(42)20-33)27-7-3-2-4-8-27)23-39(31)34-15-26(16-36(41)21-34)24-44-38-12-6-10-29(22-38)28-9-5-11-35(40)18-28/h2-23,43-44H,24-25,40-42H2,1H3. The molecule has 0 aliphatic carbocycles. The number of anilines is 4. The summed E-state index contributed by atoms with van der Waals surface area (Å²) < 4.78 is 0. The summed E-state index contributed by atoms with van der Waals surface area (Å²) in [6.45, 7) is 1.37. The number of hydrogen-bond acceptors (Lipinski definition) is 5. The van der Waals surface area contributed by atoms with E-state index >= 15 is 0 Å². The van der Waals surface area contributed by atoms with Gasteiger partial charge in [-0.15, -0.1) is 0 Å². The molecule has 0 aromatic heterocycles. The lowest BCUT2D eigenvalue weighted by Crippen LogP contribution is -2.07. The van der Waals surface area contributed by atoms with Crippen LogP contribution in [0.25, 0.3) is 44.5 Å². The second-order valence-electron chi connectivity index (χ2n) is 11.1. The molecule has 218 valence electrons. The van der Waals surface area contributed by atoms with Gasteiger partial charge >= 0.3 is 0 Å². The van der Waals surface area contributed by atoms with Crippen LogP contribution in [-0.2, 0) is 13.1 Å². The summed E-state index contributed by atoms with van der Waals surface area (Å²) in [6, 6.07) is 45.8. The Labute approximate surface area is 259 Å². The van der Waals surface area contributed by atoms with Crippen molar-refractivity contribution in [1.29, 1.82) is 0 Å². The highest BCUT2D eigenvalue weighted by molar-refractivity contribution is 5.82. The molecule has 0 saturated heterocycles. The second-order valence-corrected chi connectivity index (χ2v) is 11.1. The smallest absolute Gasteiger partial charge is 0.0401 e. The van der Waals surface area contributed by atoms with Crippen molar-refractivity contribution in [2.45, 2.75) is 13.1 Å². The lowest BCUT2D eigenvalue weighted by molar-refractivity contribution is 0.819. The summed E-state index contributed by atoms with van der Waals surface area (Å²) in [5, 5.41) is 6.90. The zero-order valence-corrected chi connectivity index (χ0v) is 24.8. The third kappa shape index (κ3) is 6.59. The molecule has 5 heteroatoms. The molecule has 5 nitrogen and oxygen atoms in total. The van der Waals surface area contributed by atoms with E-state index in [1.165, 1.54) is 5.56 Å². The Morgan fingerprint density at radius 3 is 1.86 bits per heavy atom. The van der Waals surface area contributed by atoms with Crippen molar-refractivity contribution < 1.29 is 0 Å². The van der Waals surface area contributed by atoms with Gasteiger partial charge in [0, 0.05) is 35.8 Å². The van der Waals surface area contributed by atoms with Gasteiger partial charge in [0.1, 0.15) is 0 Å². The molecule has 0 unspecified atom stereocenters. The first kappa shape index (κ1) is 28.6. The zero-order chi connectivity index (χ0) is 30.5. The van der Waals surface area contributed by atoms with Crippen molar-refractivity contribution in [2.75, 3.05) is 29.6 Å². The van der Waals surface area contributed by atoms with Crippen LogP contribution in [-0.4, -0.2) is 7.05 Å². The van der Waals surface area contributed by atoms with E-state index in [1.807, 2.05) is 61.6 Å². The predicted molar refractivity (Wildman–Crippen MR) is 188 cm³/mol. The maximum absolute atomic E-state index is 6.49. The number of nitrogens with one attached hydrogen (secondary N) is 2. The summed E-state index contributed by atoms with van der Waals surface area (Å²) in [7, 11) is 1.97. The average molecular weight is 576 g/mol. The predicted octanol–water partition coefficient (Wildman–Crippen LogP) is 8.43. The molecule has 0 saturated carbocycles. The lowest BCUT2D eigenvalue weighted by Gasteiger charge is -2.16. The maximum Gasteiger partial charge on any atom is 0.0401 e. The highest BCUT2D eigenvalue weighted by atomic mass is 14.9. The minimum Gasteiger partial charge on any atom is -0.399 e. The first-order valence-electron chi connectivity index (χ1n) is 14.8. The quantitative estimate of drug-likeness (QED) is 0.111. The third-order valence-electron chi connectivity index (χ3n) is 7.78. The Hall–Kier alpha value is -5.52. The normalized spacial score (nSPS) is 10.9. The Morgan fingerprint density at radius 2 is 1.09 bits per heavy atom. The van der Waals surface area contributed by atoms with E-state index in [1.54, 1.807) is 0 Å². The van der Waals surface area contributed by atoms with Crippen LogP contribution >= 0.6 is 0 Å². The number of benzene rings is 6. The minimum atomic E-state index is 0.634. The Morgan fingerprint density at radius 1 is 0.455 bits per heavy atom. The second kappa shape index (κ2) is 12.8. The van der Waals surface area contributed by atoms with Crippen molar-refractivity contribution in [3.63, 3.8) is 0 Å². The Kier molecular flexibility index (Phi) is 8.30. The molecule has 6 aromatic rings. The van der Waals surface area contributed by atoms with Crippen LogP contribution in [0.4, 0.5) is 22.7 Å². The first-order chi connectivity index (χ1) is 21.4. The Balaban J connectivity index is 1.31. The fourth-order valence-corrected chi connectivity index (χ4v) is 5.69. The van der Waals surface area contributed by atoms with E-state index in [-0.39, 0.29) is 0 Å². The molecule has 0 heterocycles. The molecular weight excluding hydrogens is 538 g/mol. The van der Waals surface area contributed by atoms with Crippen molar-refractivity contribution in [3.8, 4) is 44.5 Å². The molecule has 0 amide bonds. The van der Waals surface area contributed by atoms with Gasteiger partial charge in [-0.2, -0.15) is 0 Å². The molecule has 0 atom stereocenters. The summed E-state index contributed by atoms with van der Waals surface area (Å²) in [4.78, 5) is 0. The van der Waals surface area contributed by atoms with E-state index in [0.717, 1.165) is 79.4 Å². The van der Waals surface area contributed by atoms with Crippen LogP contribution in [0.5, 0.6) is 0 Å². The lowest BCUT2D eigenvalue weighted by atomic mass is 9.92. The molecule has 0 spiro atoms. The van der Waals surface area contributed by atoms with Gasteiger partial charge in [-0.1, -0.05) is 66.7 Å². The molecular formula is C39H37N5. The van der Waals surface area contributed by atoms with Gasteiger partial charge in [0.15, 0.2) is 0 Å². The SMILES string of the molecule is CNCc1ccc(-c2cc(N)cc(-c3ccccc3)c2)cc1-c1cc(N)cc(CNc2cccc(-c3cccc(N)c3)c2)c1. The first-order valence-corrected chi connectivity index (χ1v) is 14.8. The number of nitrogen functional groups attached to an aromatic ring is 3. The number of nitrogens with two attached hydrogens (primary N) is 3. The summed E-state index contributed by atoms with van der Waals surface area (Å²) in [5.74, 6) is 0. The van der Waals surface area contributed by atoms with Crippen LogP contribution in [0.15, 0.2) is 133 Å². The number of hydrogen-bond donors (Lipinski definition) is 5. The van der Waals surface area contributed by atoms with Gasteiger partial charge in [-0.3, -0.25) is 0 Å². The summed E-state index contributed by atoms with van der Waals surface area (Å²) in [6.07, 6.45) is 0. The molecule has 0 fully saturated rings. The van der Waals surface area contributed by atoms with Crippen molar-refractivity contribution in [1.82, 2.24) is 5.32 Å². The van der Waals surface area contributed by atoms with Gasteiger partial charge in [0.2, 0.25) is 0 Å². The van der Waals surface area contributed by atoms with Crippen LogP contribution in [0.2, 0.25) is 0 Å². The highest BCUT2D eigenvalue weighted by Crippen LogP contribution is 2.35. The fraction of sp³-hybridized carbons (Fsp3) is 0.0769. The van der Waals surface area contributed by atoms with Crippen LogP contribution in [0, 0.1) is 0 Å². The molecule has 6 rings (SSSR count). The van der Waals surface area contributed by atoms with Gasteiger partial charge in [0.25, 0.3) is 0 Å². The molecule has 44 heavy (non-hydrogen) atoms. The van der Waals surface area contributed by atoms with Crippen molar-refractivity contribution >= 4 is 22.7 Å². The Bertz CT molecular complexity index is 1910. The van der Waals surface area contributed by atoms with E-state index in [4.69, 9.17) is 17.2 Å². The molecule has 0 aliphatic rings. The van der Waals surface area contributed by atoms with Crippen LogP contribution < -0.4 is 27.8 Å². The minimum absolute atomic E-state index is 0.634. The largest absolute Gasteiger partial charge is 0.399 e. The zero-order valence-electron chi connectivity index (χ0n) is 24.8. The van der Waals surface area contributed by atoms with E-state index in [2.05, 4.69) is 89.5 Å². The molecule has 0 aliphatic heterocycles. The van der Waals surface area contributed by atoms with Crippen LogP contribution in [0.3, 0.4) is 0 Å². The monoisotopic (exact) mass is 575 g/mol. The number of rotatable bonds is 9. The van der Waals surface area contributed by atoms with E-state index < -0.39 is 0 Å². The molecule has 0 radical (unpaired) electrons. The van der Waals surface area contributed by atoms with E-state index in [0.29, 0.717) is 6.54 Å². The molecule has 8 N–H and O–H groups in total. The van der Waals surface area contributed by atoms with Gasteiger partial charge < -0.3 is 27.8 Å². The summed E-state index contributed by atoms with van der Waals surface area (Å²) in [5.41, 5.74) is 33.3. The van der Waals surface area contributed by atoms with Gasteiger partial charge in [-0.25, -0.2) is 0 Å². The maximum atomic E-state index is 6.49. The topological polar surface area (TPSA) is 102 Å². The van der Waals surface area contributed by atoms with E-state index in [9.17, 15) is 0 Å². The van der Waals surface area contributed by atoms with Crippen molar-refractivity contribution in [2.24, 2.45) is 0 Å². The van der Waals surface area contributed by atoms with Gasteiger partial charge in [-0.05, 0) is 129 Å². The summed E-state index contributed by atoms with van der Waals surface area (Å²) >= 11 is 0. The van der Waals surface area contributed by atoms with Crippen LogP contribution in [0.1, 0.15) is 11.1 Å². The van der Waals surface area contributed by atoms with Crippen molar-refractivity contribution in [3.05, 3.63) is 145 Å². The third-order valence-corrected chi connectivity index (χ3v) is 7.78. The molecule has 0 bridgehead atoms. The van der Waals surface area contributed by atoms with Gasteiger partial charge in [0.05, 0.1) is 0 Å². The highest BCUT2D eigenvalue weighted by Gasteiger charge is 2.12.